The van der Waals surface area contributed by atoms with E-state index in [1.807, 2.05) is 67.5 Å². The van der Waals surface area contributed by atoms with Crippen LogP contribution in [0.3, 0.4) is 0 Å². The second-order valence-corrected chi connectivity index (χ2v) is 6.10. The molecule has 0 bridgehead atoms. The Morgan fingerprint density at radius 1 is 0.633 bits per heavy atom. The van der Waals surface area contributed by atoms with Crippen molar-refractivity contribution >= 4 is 31.7 Å². The zero-order valence-corrected chi connectivity index (χ0v) is 23.8. The maximum absolute atomic E-state index is 3.22. The number of rotatable bonds is 0. The Bertz CT molecular complexity index is 608. The maximum atomic E-state index is 3.22. The molecule has 0 saturated heterocycles. The monoisotopic (exact) mass is 532 g/mol. The van der Waals surface area contributed by atoms with Gasteiger partial charge in [-0.25, -0.2) is 23.3 Å². The summed E-state index contributed by atoms with van der Waals surface area (Å²) in [5, 5.41) is 0. The van der Waals surface area contributed by atoms with Crippen molar-refractivity contribution in [1.29, 1.82) is 0 Å². The van der Waals surface area contributed by atoms with Crippen molar-refractivity contribution in [1.82, 2.24) is 0 Å². The first-order chi connectivity index (χ1) is 13.6. The van der Waals surface area contributed by atoms with Crippen LogP contribution in [-0.4, -0.2) is 6.88 Å². The third-order valence-electron chi connectivity index (χ3n) is 3.39. The van der Waals surface area contributed by atoms with E-state index in [9.17, 15) is 0 Å². The van der Waals surface area contributed by atoms with Crippen LogP contribution < -0.4 is 0 Å². The molecule has 2 aliphatic rings. The molecule has 0 saturated carbocycles. The van der Waals surface area contributed by atoms with Gasteiger partial charge in [0, 0.05) is 0 Å². The summed E-state index contributed by atoms with van der Waals surface area (Å²) in [7, 11) is 0. The molecule has 0 aliphatic heterocycles. The molecule has 2 unspecified atom stereocenters. The summed E-state index contributed by atoms with van der Waals surface area (Å²) in [4.78, 5) is 0. The fourth-order valence-electron chi connectivity index (χ4n) is 2.17. The molecule has 2 aromatic carbocycles. The third kappa shape index (κ3) is 21.8. The Morgan fingerprint density at radius 3 is 1.00 bits per heavy atom. The van der Waals surface area contributed by atoms with Crippen LogP contribution in [0.15, 0.2) is 96.1 Å². The Labute approximate surface area is 213 Å². The minimum Gasteiger partial charge on any atom is -0.184 e. The van der Waals surface area contributed by atoms with E-state index in [-0.39, 0.29) is 24.8 Å². The molecule has 0 N–H and O–H groups in total. The molecule has 2 atom stereocenters. The summed E-state index contributed by atoms with van der Waals surface area (Å²) in [5.41, 5.74) is 2.54. The second kappa shape index (κ2) is 24.4. The predicted molar refractivity (Wildman–Crippen MR) is 135 cm³/mol. The van der Waals surface area contributed by atoms with Gasteiger partial charge in [0.1, 0.15) is 0 Å². The number of hydrogen-bond acceptors (Lipinski definition) is 0. The van der Waals surface area contributed by atoms with Crippen molar-refractivity contribution in [2.45, 2.75) is 27.7 Å². The minimum atomic E-state index is 0. The Balaban J connectivity index is -0.000000309. The van der Waals surface area contributed by atoms with Crippen LogP contribution in [0, 0.1) is 36.1 Å². The van der Waals surface area contributed by atoms with E-state index in [2.05, 4.69) is 76.3 Å². The summed E-state index contributed by atoms with van der Waals surface area (Å²) in [6.45, 7) is 10.4. The van der Waals surface area contributed by atoms with Crippen molar-refractivity contribution in [3.63, 3.8) is 0 Å². The predicted octanol–water partition coefficient (Wildman–Crippen LogP) is 6.78. The Kier molecular flexibility index (Phi) is 27.4. The zero-order valence-electron chi connectivity index (χ0n) is 18.3. The smallest absolute Gasteiger partial charge is 0.171 e. The summed E-state index contributed by atoms with van der Waals surface area (Å²) in [6.07, 6.45) is 14.9. The number of halogens is 2. The topological polar surface area (TPSA) is 0 Å². The summed E-state index contributed by atoms with van der Waals surface area (Å²) >= 11 is 1.58. The minimum absolute atomic E-state index is 0. The van der Waals surface area contributed by atoms with Crippen LogP contribution in [0.5, 0.6) is 0 Å². The van der Waals surface area contributed by atoms with Crippen molar-refractivity contribution < 1.29 is 23.3 Å². The van der Waals surface area contributed by atoms with Crippen LogP contribution in [0.1, 0.15) is 27.7 Å². The van der Waals surface area contributed by atoms with E-state index in [1.165, 1.54) is 11.1 Å². The van der Waals surface area contributed by atoms with Crippen LogP contribution in [0.25, 0.3) is 0 Å². The summed E-state index contributed by atoms with van der Waals surface area (Å²) in [6, 6.07) is 25.0. The molecule has 2 aromatic rings. The first-order valence-corrected chi connectivity index (χ1v) is 15.2. The molecule has 0 aromatic heterocycles. The van der Waals surface area contributed by atoms with Gasteiger partial charge in [-0.2, -0.15) is 84.9 Å². The third-order valence-corrected chi connectivity index (χ3v) is 3.39. The van der Waals surface area contributed by atoms with Gasteiger partial charge in [-0.05, 0) is 0 Å². The van der Waals surface area contributed by atoms with Crippen LogP contribution in [-0.2, 0) is 23.3 Å². The van der Waals surface area contributed by atoms with Crippen molar-refractivity contribution in [3.05, 3.63) is 120 Å². The number of allylic oxidation sites excluding steroid dienone is 8. The molecule has 2 aliphatic carbocycles. The van der Waals surface area contributed by atoms with Crippen LogP contribution >= 0.6 is 24.8 Å². The van der Waals surface area contributed by atoms with Crippen molar-refractivity contribution in [3.8, 4) is 0 Å². The maximum Gasteiger partial charge on any atom is -0.171 e. The number of benzene rings is 2. The van der Waals surface area contributed by atoms with Gasteiger partial charge in [0.15, 0.2) is 0 Å². The molecular formula is C26H32Cl2SiZr-4. The van der Waals surface area contributed by atoms with Crippen molar-refractivity contribution in [2.75, 3.05) is 0 Å². The Morgan fingerprint density at radius 2 is 0.933 bits per heavy atom. The summed E-state index contributed by atoms with van der Waals surface area (Å²) < 4.78 is 0. The molecule has 0 heterocycles. The molecule has 0 nitrogen and oxygen atoms in total. The van der Waals surface area contributed by atoms with Gasteiger partial charge in [0.25, 0.3) is 0 Å². The van der Waals surface area contributed by atoms with E-state index < -0.39 is 0 Å². The van der Waals surface area contributed by atoms with E-state index in [4.69, 9.17) is 0 Å². The molecule has 0 amide bonds. The molecular weight excluding hydrogens is 503 g/mol. The van der Waals surface area contributed by atoms with Gasteiger partial charge in [0.2, 0.25) is 0 Å². The fraction of sp³-hybridized carbons (Fsp3) is 0.231. The first-order valence-electron chi connectivity index (χ1n) is 9.32. The molecule has 0 spiro atoms. The molecule has 4 rings (SSSR count). The van der Waals surface area contributed by atoms with E-state index in [0.29, 0.717) is 11.8 Å². The zero-order chi connectivity index (χ0) is 21.0. The van der Waals surface area contributed by atoms with Crippen LogP contribution in [0.4, 0.5) is 0 Å². The van der Waals surface area contributed by atoms with Gasteiger partial charge in [-0.3, -0.25) is 12.2 Å². The average Bonchev–Trinajstić information content (AvgIpc) is 3.33. The molecule has 0 radical (unpaired) electrons. The SMILES string of the molecule is CC1=[C-]C(C)C=C1.CC1=[C-]C(C)C=C1.Cl.Cl.[SiH2]=[Zr].[c-]1ccccc1.[c-]1ccccc1. The normalized spacial score (nSPS) is 16.5. The quantitative estimate of drug-likeness (QED) is 0.258. The molecule has 0 fully saturated rings. The first kappa shape index (κ1) is 33.7. The van der Waals surface area contributed by atoms with E-state index in [1.54, 1.807) is 23.3 Å². The largest absolute Gasteiger partial charge is 0.184 e. The molecule has 30 heavy (non-hydrogen) atoms. The summed E-state index contributed by atoms with van der Waals surface area (Å²) in [5.74, 6) is 1.11. The van der Waals surface area contributed by atoms with Gasteiger partial charge in [-0.15, -0.1) is 24.8 Å². The van der Waals surface area contributed by atoms with E-state index in [0.717, 1.165) is 0 Å². The molecule has 4 heteroatoms. The van der Waals surface area contributed by atoms with Gasteiger partial charge >= 0.3 is 30.2 Å². The second-order valence-electron chi connectivity index (χ2n) is 6.10. The van der Waals surface area contributed by atoms with Gasteiger partial charge < -0.3 is 0 Å². The van der Waals surface area contributed by atoms with E-state index >= 15 is 0 Å². The standard InChI is InChI=1S/2C7H9.2C6H5.2ClH.H2Si.Zr/c2*1-6-3-4-7(2)5-6;2*1-2-4-6-5-3-1;;;;/h2*3-4,6H,1-2H3;2*1-5H;2*1H;1H2;/q4*-1;;;;. The Hall–Kier alpha value is -0.920. The van der Waals surface area contributed by atoms with Crippen LogP contribution in [0.2, 0.25) is 0 Å². The van der Waals surface area contributed by atoms with Crippen molar-refractivity contribution in [2.24, 2.45) is 11.8 Å². The molecule has 162 valence electrons. The number of hydrogen-bond donors (Lipinski definition) is 0. The fourth-order valence-corrected chi connectivity index (χ4v) is 2.17. The van der Waals surface area contributed by atoms with Gasteiger partial charge in [-0.1, -0.05) is 39.5 Å². The average molecular weight is 535 g/mol. The van der Waals surface area contributed by atoms with Gasteiger partial charge in [0.05, 0.1) is 0 Å².